The lowest BCUT2D eigenvalue weighted by atomic mass is 9.98. The number of hydrogen-bond acceptors (Lipinski definition) is 4. The van der Waals surface area contributed by atoms with Gasteiger partial charge in [-0.25, -0.2) is 4.98 Å². The number of anilines is 2. The summed E-state index contributed by atoms with van der Waals surface area (Å²) >= 11 is 0. The zero-order chi connectivity index (χ0) is 12.6. The van der Waals surface area contributed by atoms with Crippen LogP contribution in [0.1, 0.15) is 32.1 Å². The summed E-state index contributed by atoms with van der Waals surface area (Å²) in [7, 11) is 1.87. The van der Waals surface area contributed by atoms with E-state index >= 15 is 0 Å². The van der Waals surface area contributed by atoms with E-state index in [0.29, 0.717) is 6.10 Å². The Labute approximate surface area is 109 Å². The molecular weight excluding hydrogens is 226 g/mol. The molecule has 0 spiro atoms. The van der Waals surface area contributed by atoms with Gasteiger partial charge in [-0.2, -0.15) is 0 Å². The SMILES string of the molecule is CNc1cc(NCCOC2CCCCC2)ccn1. The Kier molecular flexibility index (Phi) is 5.27. The van der Waals surface area contributed by atoms with Crippen LogP contribution < -0.4 is 10.6 Å². The Morgan fingerprint density at radius 3 is 2.94 bits per heavy atom. The second-order valence-corrected chi connectivity index (χ2v) is 4.74. The van der Waals surface area contributed by atoms with Crippen LogP contribution in [0.4, 0.5) is 11.5 Å². The van der Waals surface area contributed by atoms with Crippen molar-refractivity contribution >= 4 is 11.5 Å². The molecule has 1 saturated carbocycles. The third-order valence-electron chi connectivity index (χ3n) is 3.35. The number of hydrogen-bond donors (Lipinski definition) is 2. The van der Waals surface area contributed by atoms with E-state index in [4.69, 9.17) is 4.74 Å². The Bertz CT molecular complexity index is 351. The highest BCUT2D eigenvalue weighted by Crippen LogP contribution is 2.20. The molecule has 1 heterocycles. The summed E-state index contributed by atoms with van der Waals surface area (Å²) in [5.74, 6) is 0.883. The van der Waals surface area contributed by atoms with Gasteiger partial charge in [-0.1, -0.05) is 19.3 Å². The average molecular weight is 249 g/mol. The Morgan fingerprint density at radius 2 is 2.17 bits per heavy atom. The number of nitrogens with zero attached hydrogens (tertiary/aromatic N) is 1. The van der Waals surface area contributed by atoms with Gasteiger partial charge >= 0.3 is 0 Å². The largest absolute Gasteiger partial charge is 0.383 e. The van der Waals surface area contributed by atoms with E-state index in [2.05, 4.69) is 15.6 Å². The van der Waals surface area contributed by atoms with Gasteiger partial charge in [0, 0.05) is 31.5 Å². The van der Waals surface area contributed by atoms with Crippen LogP contribution in [0.15, 0.2) is 18.3 Å². The fraction of sp³-hybridized carbons (Fsp3) is 0.643. The number of nitrogens with one attached hydrogen (secondary N) is 2. The summed E-state index contributed by atoms with van der Waals surface area (Å²) in [6, 6.07) is 3.97. The van der Waals surface area contributed by atoms with Crippen LogP contribution in [0.25, 0.3) is 0 Å². The molecule has 100 valence electrons. The predicted octanol–water partition coefficient (Wildman–Crippen LogP) is 2.88. The van der Waals surface area contributed by atoms with E-state index in [0.717, 1.165) is 24.7 Å². The number of ether oxygens (including phenoxy) is 1. The van der Waals surface area contributed by atoms with Gasteiger partial charge in [0.1, 0.15) is 5.82 Å². The molecule has 18 heavy (non-hydrogen) atoms. The molecular formula is C14H23N3O. The smallest absolute Gasteiger partial charge is 0.127 e. The van der Waals surface area contributed by atoms with Crippen molar-refractivity contribution in [2.75, 3.05) is 30.8 Å². The highest BCUT2D eigenvalue weighted by atomic mass is 16.5. The lowest BCUT2D eigenvalue weighted by Gasteiger charge is -2.22. The summed E-state index contributed by atoms with van der Waals surface area (Å²) in [4.78, 5) is 4.18. The molecule has 1 aliphatic rings. The fourth-order valence-corrected chi connectivity index (χ4v) is 2.33. The molecule has 0 aromatic carbocycles. The highest BCUT2D eigenvalue weighted by molar-refractivity contribution is 5.51. The maximum atomic E-state index is 5.87. The van der Waals surface area contributed by atoms with Crippen LogP contribution in [0.2, 0.25) is 0 Å². The van der Waals surface area contributed by atoms with Gasteiger partial charge in [0.25, 0.3) is 0 Å². The van der Waals surface area contributed by atoms with Gasteiger partial charge in [-0.15, -0.1) is 0 Å². The van der Waals surface area contributed by atoms with E-state index in [1.165, 1.54) is 32.1 Å². The van der Waals surface area contributed by atoms with Crippen molar-refractivity contribution < 1.29 is 4.74 Å². The van der Waals surface area contributed by atoms with Crippen LogP contribution in [-0.2, 0) is 4.74 Å². The second kappa shape index (κ2) is 7.21. The minimum atomic E-state index is 0.492. The maximum Gasteiger partial charge on any atom is 0.127 e. The van der Waals surface area contributed by atoms with E-state index < -0.39 is 0 Å². The first-order valence-corrected chi connectivity index (χ1v) is 6.88. The minimum absolute atomic E-state index is 0.492. The lowest BCUT2D eigenvalue weighted by molar-refractivity contribution is 0.0347. The summed E-state index contributed by atoms with van der Waals surface area (Å²) < 4.78 is 5.87. The van der Waals surface area contributed by atoms with Gasteiger partial charge < -0.3 is 15.4 Å². The monoisotopic (exact) mass is 249 g/mol. The van der Waals surface area contributed by atoms with Crippen LogP contribution in [0.5, 0.6) is 0 Å². The molecule has 0 radical (unpaired) electrons. The zero-order valence-corrected chi connectivity index (χ0v) is 11.1. The van der Waals surface area contributed by atoms with Crippen molar-refractivity contribution in [3.63, 3.8) is 0 Å². The Morgan fingerprint density at radius 1 is 1.33 bits per heavy atom. The quantitative estimate of drug-likeness (QED) is 0.761. The van der Waals surface area contributed by atoms with Crippen LogP contribution >= 0.6 is 0 Å². The minimum Gasteiger partial charge on any atom is -0.383 e. The van der Waals surface area contributed by atoms with Crippen LogP contribution in [0, 0.1) is 0 Å². The zero-order valence-electron chi connectivity index (χ0n) is 11.1. The van der Waals surface area contributed by atoms with Crippen LogP contribution in [0.3, 0.4) is 0 Å². The molecule has 2 N–H and O–H groups in total. The first-order valence-electron chi connectivity index (χ1n) is 6.88. The predicted molar refractivity (Wildman–Crippen MR) is 75.1 cm³/mol. The van der Waals surface area contributed by atoms with Crippen molar-refractivity contribution in [3.8, 4) is 0 Å². The number of rotatable bonds is 6. The standard InChI is InChI=1S/C14H23N3O/c1-15-14-11-12(7-8-17-14)16-9-10-18-13-5-3-2-4-6-13/h7-8,11,13H,2-6,9-10H2,1H3,(H2,15,16,17). The third kappa shape index (κ3) is 4.18. The molecule has 0 atom stereocenters. The molecule has 1 aromatic heterocycles. The van der Waals surface area contributed by atoms with Crippen molar-refractivity contribution in [3.05, 3.63) is 18.3 Å². The Hall–Kier alpha value is -1.29. The van der Waals surface area contributed by atoms with E-state index in [-0.39, 0.29) is 0 Å². The molecule has 0 bridgehead atoms. The number of pyridine rings is 1. The average Bonchev–Trinajstić information content (AvgIpc) is 2.45. The molecule has 4 heteroatoms. The lowest BCUT2D eigenvalue weighted by Crippen LogP contribution is -2.20. The van der Waals surface area contributed by atoms with Crippen molar-refractivity contribution in [2.45, 2.75) is 38.2 Å². The molecule has 0 saturated heterocycles. The Balaban J connectivity index is 1.65. The molecule has 1 aliphatic carbocycles. The summed E-state index contributed by atoms with van der Waals surface area (Å²) in [6.07, 6.45) is 8.80. The topological polar surface area (TPSA) is 46.2 Å². The fourth-order valence-electron chi connectivity index (χ4n) is 2.33. The molecule has 0 amide bonds. The van der Waals surface area contributed by atoms with Gasteiger partial charge in [-0.3, -0.25) is 0 Å². The molecule has 1 fully saturated rings. The van der Waals surface area contributed by atoms with Crippen molar-refractivity contribution in [2.24, 2.45) is 0 Å². The van der Waals surface area contributed by atoms with E-state index in [9.17, 15) is 0 Å². The molecule has 1 aromatic rings. The molecule has 0 unspecified atom stereocenters. The summed E-state index contributed by atoms with van der Waals surface area (Å²) in [5, 5.41) is 6.38. The van der Waals surface area contributed by atoms with E-state index in [1.807, 2.05) is 19.2 Å². The van der Waals surface area contributed by atoms with Gasteiger partial charge in [0.2, 0.25) is 0 Å². The third-order valence-corrected chi connectivity index (χ3v) is 3.35. The van der Waals surface area contributed by atoms with Gasteiger partial charge in [-0.05, 0) is 18.9 Å². The summed E-state index contributed by atoms with van der Waals surface area (Å²) in [5.41, 5.74) is 1.08. The molecule has 2 rings (SSSR count). The maximum absolute atomic E-state index is 5.87. The normalized spacial score (nSPS) is 16.5. The molecule has 0 aliphatic heterocycles. The van der Waals surface area contributed by atoms with Gasteiger partial charge in [0.15, 0.2) is 0 Å². The second-order valence-electron chi connectivity index (χ2n) is 4.74. The summed E-state index contributed by atoms with van der Waals surface area (Å²) in [6.45, 7) is 1.63. The highest BCUT2D eigenvalue weighted by Gasteiger charge is 2.12. The van der Waals surface area contributed by atoms with E-state index in [1.54, 1.807) is 6.20 Å². The number of aromatic nitrogens is 1. The van der Waals surface area contributed by atoms with Crippen LogP contribution in [-0.4, -0.2) is 31.3 Å². The van der Waals surface area contributed by atoms with Crippen molar-refractivity contribution in [1.29, 1.82) is 0 Å². The van der Waals surface area contributed by atoms with Crippen molar-refractivity contribution in [1.82, 2.24) is 4.98 Å². The van der Waals surface area contributed by atoms with Gasteiger partial charge in [0.05, 0.1) is 12.7 Å². The molecule has 4 nitrogen and oxygen atoms in total. The first kappa shape index (κ1) is 13.1. The first-order chi connectivity index (χ1) is 8.88.